The Morgan fingerprint density at radius 3 is 2.03 bits per heavy atom. The van der Waals surface area contributed by atoms with Gasteiger partial charge < -0.3 is 10.6 Å². The van der Waals surface area contributed by atoms with Crippen LogP contribution in [0.2, 0.25) is 5.02 Å². The number of primary amides is 1. The molecule has 1 amide bonds. The zero-order valence-electron chi connectivity index (χ0n) is 17.2. The monoisotopic (exact) mass is 437 g/mol. The second-order valence-electron chi connectivity index (χ2n) is 7.61. The smallest absolute Gasteiger partial charge is 0.244 e. The summed E-state index contributed by atoms with van der Waals surface area (Å²) in [6.07, 6.45) is 0.331. The van der Waals surface area contributed by atoms with E-state index >= 15 is 0 Å². The zero-order chi connectivity index (χ0) is 21.8. The number of anilines is 1. The first-order valence-electron chi connectivity index (χ1n) is 9.35. The summed E-state index contributed by atoms with van der Waals surface area (Å²) in [4.78, 5) is 14.3. The molecule has 0 radical (unpaired) electrons. The highest BCUT2D eigenvalue weighted by Crippen LogP contribution is 2.26. The normalized spacial score (nSPS) is 12.9. The van der Waals surface area contributed by atoms with Crippen molar-refractivity contribution in [1.29, 1.82) is 0 Å². The van der Waals surface area contributed by atoms with Crippen molar-refractivity contribution < 1.29 is 13.2 Å². The fourth-order valence-corrected chi connectivity index (χ4v) is 4.73. The molecule has 0 aromatic heterocycles. The summed E-state index contributed by atoms with van der Waals surface area (Å²) in [5.41, 5.74) is 7.39. The van der Waals surface area contributed by atoms with Crippen molar-refractivity contribution >= 4 is 33.2 Å². The molecule has 0 spiro atoms. The minimum Gasteiger partial charge on any atom is -0.378 e. The van der Waals surface area contributed by atoms with Crippen molar-refractivity contribution in [2.45, 2.75) is 37.8 Å². The number of hydrogen-bond donors (Lipinski definition) is 1. The lowest BCUT2D eigenvalue weighted by molar-refractivity contribution is -0.122. The minimum atomic E-state index is -3.97. The van der Waals surface area contributed by atoms with Gasteiger partial charge in [-0.25, -0.2) is 8.42 Å². The van der Waals surface area contributed by atoms with Crippen LogP contribution in [0.1, 0.15) is 25.8 Å². The molecule has 0 bridgehead atoms. The SMILES string of the molecule is CC(C)CC(C(N)=O)N(Cc1ccc(N(C)C)cc1)S(=O)(=O)c1ccc(Cl)cc1. The van der Waals surface area contributed by atoms with Gasteiger partial charge in [-0.3, -0.25) is 4.79 Å². The molecular weight excluding hydrogens is 410 g/mol. The summed E-state index contributed by atoms with van der Waals surface area (Å²) in [7, 11) is -0.112. The number of carbonyl (C=O) groups excluding carboxylic acids is 1. The van der Waals surface area contributed by atoms with Gasteiger partial charge in [-0.15, -0.1) is 0 Å². The lowest BCUT2D eigenvalue weighted by Crippen LogP contribution is -2.48. The van der Waals surface area contributed by atoms with Crippen molar-refractivity contribution in [2.24, 2.45) is 11.7 Å². The number of carbonyl (C=O) groups is 1. The lowest BCUT2D eigenvalue weighted by Gasteiger charge is -2.30. The van der Waals surface area contributed by atoms with Crippen LogP contribution in [0.3, 0.4) is 0 Å². The van der Waals surface area contributed by atoms with Crippen LogP contribution < -0.4 is 10.6 Å². The van der Waals surface area contributed by atoms with E-state index in [0.29, 0.717) is 11.4 Å². The molecule has 0 fully saturated rings. The molecule has 0 aliphatic rings. The lowest BCUT2D eigenvalue weighted by atomic mass is 10.0. The van der Waals surface area contributed by atoms with Gasteiger partial charge in [0.2, 0.25) is 15.9 Å². The van der Waals surface area contributed by atoms with Gasteiger partial charge in [-0.1, -0.05) is 37.6 Å². The first-order chi connectivity index (χ1) is 13.5. The van der Waals surface area contributed by atoms with Crippen molar-refractivity contribution in [1.82, 2.24) is 4.31 Å². The number of sulfonamides is 1. The standard InChI is InChI=1S/C21H28ClN3O3S/c1-15(2)13-20(21(23)26)25(14-16-5-9-18(10-6-16)24(3)4)29(27,28)19-11-7-17(22)8-12-19/h5-12,15,20H,13-14H2,1-4H3,(H2,23,26). The largest absolute Gasteiger partial charge is 0.378 e. The van der Waals surface area contributed by atoms with Gasteiger partial charge in [-0.2, -0.15) is 4.31 Å². The summed E-state index contributed by atoms with van der Waals surface area (Å²) in [6, 6.07) is 12.5. The fourth-order valence-electron chi connectivity index (χ4n) is 3.01. The number of hydrogen-bond acceptors (Lipinski definition) is 4. The van der Waals surface area contributed by atoms with Gasteiger partial charge in [0, 0.05) is 31.4 Å². The Labute approximate surface area is 178 Å². The summed E-state index contributed by atoms with van der Waals surface area (Å²) in [5.74, 6) is -0.576. The first kappa shape index (κ1) is 23.2. The van der Waals surface area contributed by atoms with Crippen molar-refractivity contribution in [3.63, 3.8) is 0 Å². The zero-order valence-corrected chi connectivity index (χ0v) is 18.7. The molecule has 0 heterocycles. The van der Waals surface area contributed by atoms with Crippen LogP contribution in [0, 0.1) is 5.92 Å². The highest BCUT2D eigenvalue weighted by molar-refractivity contribution is 7.89. The van der Waals surface area contributed by atoms with Crippen molar-refractivity contribution in [2.75, 3.05) is 19.0 Å². The number of amides is 1. The van der Waals surface area contributed by atoms with Gasteiger partial charge in [0.15, 0.2) is 0 Å². The van der Waals surface area contributed by atoms with Crippen LogP contribution in [-0.2, 0) is 21.4 Å². The summed E-state index contributed by atoms with van der Waals surface area (Å²) >= 11 is 5.91. The maximum Gasteiger partial charge on any atom is 0.244 e. The number of halogens is 1. The van der Waals surface area contributed by atoms with E-state index < -0.39 is 22.0 Å². The molecule has 29 heavy (non-hydrogen) atoms. The molecule has 2 N–H and O–H groups in total. The third-order valence-electron chi connectivity index (χ3n) is 4.58. The van der Waals surface area contributed by atoms with E-state index in [2.05, 4.69) is 0 Å². The maximum atomic E-state index is 13.4. The second kappa shape index (κ2) is 9.61. The fraction of sp³-hybridized carbons (Fsp3) is 0.381. The van der Waals surface area contributed by atoms with Gasteiger partial charge in [0.05, 0.1) is 4.90 Å². The van der Waals surface area contributed by atoms with Crippen LogP contribution in [-0.4, -0.2) is 38.8 Å². The van der Waals surface area contributed by atoms with E-state index in [1.54, 1.807) is 0 Å². The van der Waals surface area contributed by atoms with Gasteiger partial charge in [-0.05, 0) is 54.3 Å². The Hall–Kier alpha value is -2.09. The van der Waals surface area contributed by atoms with Crippen LogP contribution in [0.5, 0.6) is 0 Å². The third-order valence-corrected chi connectivity index (χ3v) is 6.70. The van der Waals surface area contributed by atoms with Gasteiger partial charge >= 0.3 is 0 Å². The summed E-state index contributed by atoms with van der Waals surface area (Å²) in [6.45, 7) is 3.89. The Morgan fingerprint density at radius 2 is 1.59 bits per heavy atom. The third kappa shape index (κ3) is 5.95. The average Bonchev–Trinajstić information content (AvgIpc) is 2.64. The summed E-state index contributed by atoms with van der Waals surface area (Å²) < 4.78 is 28.0. The van der Waals surface area contributed by atoms with E-state index in [4.69, 9.17) is 17.3 Å². The second-order valence-corrected chi connectivity index (χ2v) is 9.94. The molecule has 2 rings (SSSR count). The Kier molecular flexibility index (Phi) is 7.68. The predicted molar refractivity (Wildman–Crippen MR) is 117 cm³/mol. The molecule has 0 aliphatic carbocycles. The Bertz CT molecular complexity index is 927. The number of nitrogens with zero attached hydrogens (tertiary/aromatic N) is 2. The van der Waals surface area contributed by atoms with E-state index in [-0.39, 0.29) is 17.4 Å². The topological polar surface area (TPSA) is 83.7 Å². The molecule has 158 valence electrons. The number of benzene rings is 2. The molecule has 0 saturated heterocycles. The molecule has 2 aromatic rings. The highest BCUT2D eigenvalue weighted by Gasteiger charge is 2.35. The number of rotatable bonds is 9. The van der Waals surface area contributed by atoms with Crippen LogP contribution in [0.25, 0.3) is 0 Å². The molecule has 0 aliphatic heterocycles. The molecule has 6 nitrogen and oxygen atoms in total. The molecule has 8 heteroatoms. The van der Waals surface area contributed by atoms with Crippen molar-refractivity contribution in [3.8, 4) is 0 Å². The first-order valence-corrected chi connectivity index (χ1v) is 11.2. The van der Waals surface area contributed by atoms with Gasteiger partial charge in [0.25, 0.3) is 0 Å². The number of nitrogens with two attached hydrogens (primary N) is 1. The molecular formula is C21H28ClN3O3S. The van der Waals surface area contributed by atoms with E-state index in [1.807, 2.05) is 57.1 Å². The molecule has 1 unspecified atom stereocenters. The highest BCUT2D eigenvalue weighted by atomic mass is 35.5. The van der Waals surface area contributed by atoms with Crippen molar-refractivity contribution in [3.05, 3.63) is 59.1 Å². The molecule has 1 atom stereocenters. The van der Waals surface area contributed by atoms with Crippen LogP contribution in [0.15, 0.2) is 53.4 Å². The van der Waals surface area contributed by atoms with E-state index in [1.165, 1.54) is 28.6 Å². The minimum absolute atomic E-state index is 0.0407. The molecule has 2 aromatic carbocycles. The average molecular weight is 438 g/mol. The maximum absolute atomic E-state index is 13.4. The Balaban J connectivity index is 2.49. The van der Waals surface area contributed by atoms with E-state index in [9.17, 15) is 13.2 Å². The van der Waals surface area contributed by atoms with Crippen LogP contribution in [0.4, 0.5) is 5.69 Å². The van der Waals surface area contributed by atoms with Gasteiger partial charge in [0.1, 0.15) is 6.04 Å². The predicted octanol–water partition coefficient (Wildman–Crippen LogP) is 3.50. The molecule has 0 saturated carbocycles. The summed E-state index contributed by atoms with van der Waals surface area (Å²) in [5, 5.41) is 0.434. The van der Waals surface area contributed by atoms with E-state index in [0.717, 1.165) is 11.3 Å². The van der Waals surface area contributed by atoms with Crippen LogP contribution >= 0.6 is 11.6 Å². The Morgan fingerprint density at radius 1 is 1.03 bits per heavy atom. The quantitative estimate of drug-likeness (QED) is 0.650.